The fourth-order valence-corrected chi connectivity index (χ4v) is 8.49. The van der Waals surface area contributed by atoms with E-state index < -0.39 is 7.38 Å². The highest BCUT2D eigenvalue weighted by atomic mass is 35.6. The number of benzene rings is 2. The van der Waals surface area contributed by atoms with Crippen molar-refractivity contribution in [3.8, 4) is 11.1 Å². The molecule has 3 rings (SSSR count). The van der Waals surface area contributed by atoms with E-state index >= 15 is 0 Å². The van der Waals surface area contributed by atoms with Gasteiger partial charge >= 0.3 is 0 Å². The summed E-state index contributed by atoms with van der Waals surface area (Å²) in [6, 6.07) is 9.81. The van der Waals surface area contributed by atoms with E-state index in [-0.39, 0.29) is 16.2 Å². The van der Waals surface area contributed by atoms with Crippen LogP contribution in [0.1, 0.15) is 108 Å². The highest BCUT2D eigenvalue weighted by Crippen LogP contribution is 2.50. The van der Waals surface area contributed by atoms with E-state index in [4.69, 9.17) is 11.1 Å². The van der Waals surface area contributed by atoms with E-state index in [2.05, 4.69) is 120 Å². The van der Waals surface area contributed by atoms with Crippen LogP contribution in [0.5, 0.6) is 0 Å². The van der Waals surface area contributed by atoms with Gasteiger partial charge in [0.05, 0.1) is 0 Å². The minimum atomic E-state index is -1.94. The SMILES string of the molecule is CC1=Cc2c(cc(C(C)(C)C)c(C)c2-c2cc(C(C)(C)C)cc(C(C)(C)C)c2)C1[Si](C)(C)Cl. The Morgan fingerprint density at radius 2 is 1.21 bits per heavy atom. The van der Waals surface area contributed by atoms with Crippen LogP contribution in [0.4, 0.5) is 0 Å². The van der Waals surface area contributed by atoms with Gasteiger partial charge in [0.25, 0.3) is 0 Å². The summed E-state index contributed by atoms with van der Waals surface area (Å²) < 4.78 is 0. The minimum absolute atomic E-state index is 0.0708. The van der Waals surface area contributed by atoms with Crippen molar-refractivity contribution in [2.75, 3.05) is 0 Å². The maximum atomic E-state index is 7.13. The summed E-state index contributed by atoms with van der Waals surface area (Å²) >= 11 is 7.13. The molecule has 33 heavy (non-hydrogen) atoms. The molecule has 0 spiro atoms. The molecule has 1 unspecified atom stereocenters. The number of hydrogen-bond donors (Lipinski definition) is 0. The lowest BCUT2D eigenvalue weighted by Gasteiger charge is -2.31. The first kappa shape index (κ1) is 26.3. The Morgan fingerprint density at radius 1 is 0.727 bits per heavy atom. The molecule has 0 aromatic heterocycles. The van der Waals surface area contributed by atoms with Crippen LogP contribution in [-0.2, 0) is 16.2 Å². The first-order chi connectivity index (χ1) is 14.7. The summed E-state index contributed by atoms with van der Waals surface area (Å²) in [7, 11) is -1.94. The van der Waals surface area contributed by atoms with Crippen molar-refractivity contribution in [3.63, 3.8) is 0 Å². The lowest BCUT2D eigenvalue weighted by Crippen LogP contribution is -2.28. The lowest BCUT2D eigenvalue weighted by atomic mass is 9.75. The highest BCUT2D eigenvalue weighted by molar-refractivity contribution is 7.20. The largest absolute Gasteiger partial charge is 0.167 e. The summed E-state index contributed by atoms with van der Waals surface area (Å²) in [5.74, 6) is 0. The first-order valence-corrected chi connectivity index (χ1v) is 16.5. The average molecular weight is 481 g/mol. The monoisotopic (exact) mass is 480 g/mol. The topological polar surface area (TPSA) is 0 Å². The lowest BCUT2D eigenvalue weighted by molar-refractivity contribution is 0.569. The third-order valence-corrected chi connectivity index (χ3v) is 10.0. The molecule has 0 aliphatic heterocycles. The summed E-state index contributed by atoms with van der Waals surface area (Å²) in [6.07, 6.45) is 2.44. The second kappa shape index (κ2) is 8.13. The molecule has 0 saturated carbocycles. The Morgan fingerprint density at radius 3 is 1.61 bits per heavy atom. The number of hydrogen-bond acceptors (Lipinski definition) is 0. The van der Waals surface area contributed by atoms with E-state index in [0.717, 1.165) is 0 Å². The fourth-order valence-electron chi connectivity index (χ4n) is 5.47. The zero-order valence-corrected chi connectivity index (χ0v) is 25.1. The van der Waals surface area contributed by atoms with Crippen molar-refractivity contribution >= 4 is 24.5 Å². The Labute approximate surface area is 209 Å². The highest BCUT2D eigenvalue weighted by Gasteiger charge is 2.39. The number of fused-ring (bicyclic) bond motifs is 1. The van der Waals surface area contributed by atoms with Crippen molar-refractivity contribution in [1.29, 1.82) is 0 Å². The van der Waals surface area contributed by atoms with Crippen molar-refractivity contribution in [3.05, 3.63) is 63.2 Å². The van der Waals surface area contributed by atoms with Crippen LogP contribution in [0, 0.1) is 6.92 Å². The molecule has 0 amide bonds. The van der Waals surface area contributed by atoms with Crippen molar-refractivity contribution in [2.45, 2.75) is 111 Å². The Kier molecular flexibility index (Phi) is 6.48. The van der Waals surface area contributed by atoms with Crippen LogP contribution in [-0.4, -0.2) is 7.38 Å². The molecule has 180 valence electrons. The number of allylic oxidation sites excluding steroid dienone is 1. The smallest absolute Gasteiger partial charge is 0.161 e. The number of rotatable bonds is 2. The molecule has 1 aliphatic carbocycles. The molecule has 0 fully saturated rings. The molecule has 0 nitrogen and oxygen atoms in total. The minimum Gasteiger partial charge on any atom is -0.167 e. The predicted molar refractivity (Wildman–Crippen MR) is 152 cm³/mol. The van der Waals surface area contributed by atoms with Gasteiger partial charge < -0.3 is 0 Å². The Balaban J connectivity index is 2.48. The van der Waals surface area contributed by atoms with Crippen molar-refractivity contribution in [2.24, 2.45) is 0 Å². The second-order valence-corrected chi connectivity index (χ2v) is 20.5. The van der Waals surface area contributed by atoms with Crippen molar-refractivity contribution in [1.82, 2.24) is 0 Å². The molecule has 2 aromatic rings. The molecular weight excluding hydrogens is 436 g/mol. The van der Waals surface area contributed by atoms with Crippen molar-refractivity contribution < 1.29 is 0 Å². The van der Waals surface area contributed by atoms with E-state index in [9.17, 15) is 0 Å². The summed E-state index contributed by atoms with van der Waals surface area (Å²) in [5.41, 5.74) is 13.3. The Hall–Kier alpha value is -1.31. The fraction of sp³-hybridized carbons (Fsp3) is 0.548. The van der Waals surface area contributed by atoms with E-state index in [1.807, 2.05) is 0 Å². The van der Waals surface area contributed by atoms with Gasteiger partial charge in [-0.1, -0.05) is 111 Å². The van der Waals surface area contributed by atoms with Gasteiger partial charge in [-0.05, 0) is 74.6 Å². The summed E-state index contributed by atoms with van der Waals surface area (Å²) in [5, 5.41) is 0. The average Bonchev–Trinajstić information content (AvgIpc) is 2.93. The third-order valence-electron chi connectivity index (χ3n) is 7.25. The molecule has 2 aromatic carbocycles. The number of halogens is 1. The standard InChI is InChI=1S/C31H45ClSi/c1-19-14-24-25(28(19)33(12,13)32)18-26(31(9,10)11)20(2)27(24)21-15-22(29(3,4)5)17-23(16-21)30(6,7)8/h14-18,28H,1-13H3. The summed E-state index contributed by atoms with van der Waals surface area (Å²) in [4.78, 5) is 0. The van der Waals surface area contributed by atoms with Crippen LogP contribution in [0.25, 0.3) is 17.2 Å². The molecule has 0 bridgehead atoms. The molecule has 2 heteroatoms. The Bertz CT molecular complexity index is 1070. The van der Waals surface area contributed by atoms with Gasteiger partial charge in [0.15, 0.2) is 7.38 Å². The van der Waals surface area contributed by atoms with Crippen LogP contribution in [0.2, 0.25) is 13.1 Å². The van der Waals surface area contributed by atoms with E-state index in [1.165, 1.54) is 50.1 Å². The van der Waals surface area contributed by atoms with Gasteiger partial charge in [-0.15, -0.1) is 0 Å². The molecular formula is C31H45ClSi. The van der Waals surface area contributed by atoms with Gasteiger partial charge in [0.1, 0.15) is 0 Å². The van der Waals surface area contributed by atoms with E-state index in [1.54, 1.807) is 0 Å². The molecule has 0 N–H and O–H groups in total. The van der Waals surface area contributed by atoms with Gasteiger partial charge in [0.2, 0.25) is 0 Å². The normalized spacial score (nSPS) is 17.3. The van der Waals surface area contributed by atoms with Crippen LogP contribution in [0.15, 0.2) is 29.8 Å². The zero-order valence-electron chi connectivity index (χ0n) is 23.3. The molecule has 1 atom stereocenters. The van der Waals surface area contributed by atoms with Crippen LogP contribution < -0.4 is 0 Å². The zero-order chi connectivity index (χ0) is 25.3. The second-order valence-electron chi connectivity index (χ2n) is 13.9. The maximum absolute atomic E-state index is 7.13. The third kappa shape index (κ3) is 5.05. The first-order valence-electron chi connectivity index (χ1n) is 12.4. The molecule has 0 heterocycles. The molecule has 0 radical (unpaired) electrons. The van der Waals surface area contributed by atoms with Gasteiger partial charge in [-0.3, -0.25) is 0 Å². The maximum Gasteiger partial charge on any atom is 0.161 e. The van der Waals surface area contributed by atoms with Crippen LogP contribution >= 0.6 is 11.1 Å². The van der Waals surface area contributed by atoms with Gasteiger partial charge in [-0.25, -0.2) is 0 Å². The van der Waals surface area contributed by atoms with Gasteiger partial charge in [-0.2, -0.15) is 11.1 Å². The van der Waals surface area contributed by atoms with Crippen LogP contribution in [0.3, 0.4) is 0 Å². The molecule has 1 aliphatic rings. The predicted octanol–water partition coefficient (Wildman–Crippen LogP) is 10.0. The van der Waals surface area contributed by atoms with Gasteiger partial charge in [0, 0.05) is 5.54 Å². The van der Waals surface area contributed by atoms with E-state index in [0.29, 0.717) is 5.54 Å². The molecule has 0 saturated heterocycles. The quantitative estimate of drug-likeness (QED) is 0.296. The summed E-state index contributed by atoms with van der Waals surface area (Å²) in [6.45, 7) is 30.1.